The van der Waals surface area contributed by atoms with E-state index in [2.05, 4.69) is 98.4 Å². The van der Waals surface area contributed by atoms with Crippen LogP contribution in [0.3, 0.4) is 0 Å². The Hall–Kier alpha value is -1.37. The van der Waals surface area contributed by atoms with Crippen LogP contribution < -0.4 is 0 Å². The average Bonchev–Trinajstić information content (AvgIpc) is 3.03. The summed E-state index contributed by atoms with van der Waals surface area (Å²) in [7, 11) is 4.27. The Morgan fingerprint density at radius 3 is 2.14 bits per heavy atom. The van der Waals surface area contributed by atoms with Gasteiger partial charge < -0.3 is 4.90 Å². The normalized spacial score (nSPS) is 15.8. The Morgan fingerprint density at radius 2 is 1.59 bits per heavy atom. The molecule has 0 saturated heterocycles. The van der Waals surface area contributed by atoms with Crippen molar-refractivity contribution in [2.45, 2.75) is 70.6 Å². The van der Waals surface area contributed by atoms with Crippen LogP contribution in [0.1, 0.15) is 59.1 Å². The first-order chi connectivity index (χ1) is 13.4. The smallest absolute Gasteiger partial charge is 0.193 e. The number of nitrogens with zero attached hydrogens (tertiary/aromatic N) is 5. The zero-order valence-corrected chi connectivity index (χ0v) is 20.2. The predicted molar refractivity (Wildman–Crippen MR) is 123 cm³/mol. The number of aromatic nitrogens is 3. The minimum Gasteiger partial charge on any atom is -0.309 e. The van der Waals surface area contributed by atoms with Gasteiger partial charge in [-0.05, 0) is 61.2 Å². The lowest BCUT2D eigenvalue weighted by molar-refractivity contribution is 0.226. The topological polar surface area (TPSA) is 37.2 Å². The number of fused-ring (bicyclic) bond motifs is 1. The van der Waals surface area contributed by atoms with E-state index >= 15 is 0 Å². The third kappa shape index (κ3) is 5.41. The van der Waals surface area contributed by atoms with E-state index in [0.29, 0.717) is 0 Å². The maximum atomic E-state index is 4.61. The molecule has 0 aliphatic carbocycles. The van der Waals surface area contributed by atoms with Gasteiger partial charge in [0.15, 0.2) is 11.0 Å². The Labute approximate surface area is 180 Å². The molecule has 0 radical (unpaired) electrons. The summed E-state index contributed by atoms with van der Waals surface area (Å²) in [6.45, 7) is 16.7. The summed E-state index contributed by atoms with van der Waals surface area (Å²) in [5.41, 5.74) is 4.06. The van der Waals surface area contributed by atoms with Crippen LogP contribution in [0.4, 0.5) is 0 Å². The lowest BCUT2D eigenvalue weighted by Crippen LogP contribution is -2.32. The summed E-state index contributed by atoms with van der Waals surface area (Å²) in [6.07, 6.45) is 1.17. The molecule has 0 spiro atoms. The van der Waals surface area contributed by atoms with Crippen molar-refractivity contribution >= 4 is 11.8 Å². The van der Waals surface area contributed by atoms with Crippen molar-refractivity contribution in [3.63, 3.8) is 0 Å². The van der Waals surface area contributed by atoms with Crippen molar-refractivity contribution in [2.75, 3.05) is 33.1 Å². The summed E-state index contributed by atoms with van der Waals surface area (Å²) in [6, 6.07) is 6.98. The minimum atomic E-state index is 0.0910. The van der Waals surface area contributed by atoms with Gasteiger partial charge in [-0.15, -0.1) is 10.2 Å². The third-order valence-corrected chi connectivity index (χ3v) is 6.49. The van der Waals surface area contributed by atoms with Gasteiger partial charge in [0.05, 0.1) is 12.5 Å². The van der Waals surface area contributed by atoms with Crippen LogP contribution in [0.2, 0.25) is 0 Å². The number of hydrogen-bond donors (Lipinski definition) is 0. The quantitative estimate of drug-likeness (QED) is 0.700. The molecule has 0 saturated carbocycles. The first-order valence-corrected chi connectivity index (χ1v) is 11.5. The van der Waals surface area contributed by atoms with Gasteiger partial charge in [-0.2, -0.15) is 0 Å². The van der Waals surface area contributed by atoms with Gasteiger partial charge in [-0.3, -0.25) is 9.47 Å². The van der Waals surface area contributed by atoms with E-state index in [1.54, 1.807) is 11.8 Å². The molecule has 5 nitrogen and oxygen atoms in total. The van der Waals surface area contributed by atoms with Crippen molar-refractivity contribution in [3.8, 4) is 11.4 Å². The van der Waals surface area contributed by atoms with Crippen LogP contribution in [0.15, 0.2) is 23.4 Å². The second-order valence-corrected chi connectivity index (χ2v) is 11.4. The average molecular weight is 416 g/mol. The lowest BCUT2D eigenvalue weighted by atomic mass is 9.79. The van der Waals surface area contributed by atoms with Gasteiger partial charge in [-0.1, -0.05) is 59.4 Å². The van der Waals surface area contributed by atoms with Crippen molar-refractivity contribution in [3.05, 3.63) is 29.3 Å². The fourth-order valence-electron chi connectivity index (χ4n) is 3.49. The Morgan fingerprint density at radius 1 is 0.966 bits per heavy atom. The second kappa shape index (κ2) is 8.40. The van der Waals surface area contributed by atoms with Crippen LogP contribution in [0.5, 0.6) is 0 Å². The van der Waals surface area contributed by atoms with Crippen LogP contribution in [-0.2, 0) is 17.5 Å². The lowest BCUT2D eigenvalue weighted by Gasteiger charge is -2.29. The van der Waals surface area contributed by atoms with E-state index in [9.17, 15) is 0 Å². The monoisotopic (exact) mass is 415 g/mol. The van der Waals surface area contributed by atoms with E-state index in [0.717, 1.165) is 36.6 Å². The first kappa shape index (κ1) is 22.3. The molecule has 0 amide bonds. The highest BCUT2D eigenvalue weighted by atomic mass is 32.2. The van der Waals surface area contributed by atoms with Crippen molar-refractivity contribution in [1.29, 1.82) is 0 Å². The molecule has 2 aromatic rings. The second-order valence-electron chi connectivity index (χ2n) is 10.5. The number of rotatable bonds is 5. The van der Waals surface area contributed by atoms with Crippen molar-refractivity contribution in [2.24, 2.45) is 0 Å². The van der Waals surface area contributed by atoms with E-state index in [1.807, 2.05) is 0 Å². The predicted octanol–water partition coefficient (Wildman–Crippen LogP) is 4.81. The van der Waals surface area contributed by atoms with E-state index in [4.69, 9.17) is 0 Å². The summed E-state index contributed by atoms with van der Waals surface area (Å²) in [5.74, 6) is 1.97. The third-order valence-electron chi connectivity index (χ3n) is 5.44. The van der Waals surface area contributed by atoms with Gasteiger partial charge >= 0.3 is 0 Å². The number of hydrogen-bond acceptors (Lipinski definition) is 5. The molecule has 2 heterocycles. The molecular formula is C23H37N5S. The maximum absolute atomic E-state index is 4.61. The fraction of sp³-hybridized carbons (Fsp3) is 0.652. The van der Waals surface area contributed by atoms with Gasteiger partial charge in [0, 0.05) is 12.1 Å². The molecule has 1 aliphatic heterocycles. The van der Waals surface area contributed by atoms with Crippen molar-refractivity contribution < 1.29 is 0 Å². The molecule has 29 heavy (non-hydrogen) atoms. The summed E-state index contributed by atoms with van der Waals surface area (Å²) >= 11 is 1.79. The molecule has 0 atom stereocenters. The molecule has 1 aromatic heterocycles. The number of thioether (sulfide) groups is 1. The fourth-order valence-corrected chi connectivity index (χ4v) is 4.40. The molecule has 1 aromatic carbocycles. The van der Waals surface area contributed by atoms with Crippen LogP contribution in [0.25, 0.3) is 11.4 Å². The van der Waals surface area contributed by atoms with E-state index in [-0.39, 0.29) is 10.8 Å². The van der Waals surface area contributed by atoms with Crippen LogP contribution >= 0.6 is 11.8 Å². The molecule has 0 bridgehead atoms. The van der Waals surface area contributed by atoms with Gasteiger partial charge in [-0.25, -0.2) is 0 Å². The highest BCUT2D eigenvalue weighted by Crippen LogP contribution is 2.35. The van der Waals surface area contributed by atoms with Crippen LogP contribution in [0, 0.1) is 0 Å². The molecule has 0 N–H and O–H groups in total. The molecular weight excluding hydrogens is 378 g/mol. The number of benzene rings is 1. The first-order valence-electron chi connectivity index (χ1n) is 10.5. The summed E-state index contributed by atoms with van der Waals surface area (Å²) < 4.78 is 2.29. The van der Waals surface area contributed by atoms with Gasteiger partial charge in [0.1, 0.15) is 0 Å². The maximum Gasteiger partial charge on any atom is 0.193 e. The minimum absolute atomic E-state index is 0.0910. The molecule has 160 valence electrons. The summed E-state index contributed by atoms with van der Waals surface area (Å²) in [5, 5.41) is 10.1. The molecule has 3 rings (SSSR count). The van der Waals surface area contributed by atoms with E-state index in [1.165, 1.54) is 23.1 Å². The van der Waals surface area contributed by atoms with Gasteiger partial charge in [0.2, 0.25) is 0 Å². The summed E-state index contributed by atoms with van der Waals surface area (Å²) in [4.78, 5) is 4.74. The molecule has 0 fully saturated rings. The van der Waals surface area contributed by atoms with Crippen molar-refractivity contribution in [1.82, 2.24) is 24.6 Å². The largest absolute Gasteiger partial charge is 0.309 e. The molecule has 1 aliphatic rings. The zero-order valence-electron chi connectivity index (χ0n) is 19.4. The Kier molecular flexibility index (Phi) is 6.47. The Balaban J connectivity index is 1.94. The zero-order chi connectivity index (χ0) is 21.4. The van der Waals surface area contributed by atoms with Crippen LogP contribution in [-0.4, -0.2) is 57.6 Å². The highest BCUT2D eigenvalue weighted by Gasteiger charge is 2.25. The van der Waals surface area contributed by atoms with Gasteiger partial charge in [0.25, 0.3) is 0 Å². The molecule has 0 unspecified atom stereocenters. The SMILES string of the molecule is CN(C)CCCN1CSc2nnc(-c3cc(C(C)(C)C)cc(C(C)(C)C)c3)n2C1. The Bertz CT molecular complexity index is 810. The highest BCUT2D eigenvalue weighted by molar-refractivity contribution is 7.99. The van der Waals surface area contributed by atoms with E-state index < -0.39 is 0 Å². The standard InChI is InChI=1S/C23H37N5S/c1-22(2,3)18-12-17(13-19(14-18)23(4,5)6)20-24-25-21-28(20)15-27(16-29-21)11-9-10-26(7)8/h12-14H,9-11,15-16H2,1-8H3. The molecule has 6 heteroatoms.